The van der Waals surface area contributed by atoms with E-state index in [9.17, 15) is 8.78 Å². The highest BCUT2D eigenvalue weighted by Crippen LogP contribution is 2.21. The number of halogens is 2. The van der Waals surface area contributed by atoms with Crippen LogP contribution in [-0.4, -0.2) is 11.1 Å². The van der Waals surface area contributed by atoms with Crippen molar-refractivity contribution in [1.29, 1.82) is 0 Å². The van der Waals surface area contributed by atoms with E-state index in [0.717, 1.165) is 6.07 Å². The van der Waals surface area contributed by atoms with Gasteiger partial charge in [0.15, 0.2) is 11.6 Å². The number of rotatable bonds is 2. The predicted octanol–water partition coefficient (Wildman–Crippen LogP) is 1.56. The number of nitrogens with two attached hydrogens (primary N) is 1. The van der Waals surface area contributed by atoms with Gasteiger partial charge in [-0.3, -0.25) is 0 Å². The lowest BCUT2D eigenvalue weighted by atomic mass is 10.1. The van der Waals surface area contributed by atoms with Gasteiger partial charge in [-0.25, -0.2) is 4.39 Å². The molecule has 0 aromatic heterocycles. The highest BCUT2D eigenvalue weighted by molar-refractivity contribution is 5.30. The van der Waals surface area contributed by atoms with Crippen molar-refractivity contribution in [2.45, 2.75) is 19.4 Å². The highest BCUT2D eigenvalue weighted by Gasteiger charge is 2.13. The molecule has 1 rings (SSSR count). The monoisotopic (exact) mass is 187 g/mol. The number of hydrogen-bond donors (Lipinski definition) is 2. The molecule has 4 heteroatoms. The SMILES string of the molecule is CC(N)Cc1ccc(O)c(F)c1F. The fourth-order valence-corrected chi connectivity index (χ4v) is 1.08. The molecule has 1 unspecified atom stereocenters. The van der Waals surface area contributed by atoms with Crippen molar-refractivity contribution in [3.8, 4) is 5.75 Å². The van der Waals surface area contributed by atoms with Crippen LogP contribution in [0, 0.1) is 11.6 Å². The van der Waals surface area contributed by atoms with E-state index in [1.54, 1.807) is 6.92 Å². The summed E-state index contributed by atoms with van der Waals surface area (Å²) in [6, 6.07) is 2.21. The van der Waals surface area contributed by atoms with Gasteiger partial charge >= 0.3 is 0 Å². The molecule has 72 valence electrons. The molecule has 0 spiro atoms. The molecule has 0 heterocycles. The van der Waals surface area contributed by atoms with E-state index in [2.05, 4.69) is 0 Å². The Bertz CT molecular complexity index is 313. The van der Waals surface area contributed by atoms with E-state index < -0.39 is 17.4 Å². The first kappa shape index (κ1) is 9.92. The standard InChI is InChI=1S/C9H11F2NO/c1-5(12)4-6-2-3-7(13)9(11)8(6)10/h2-3,5,13H,4,12H2,1H3. The van der Waals surface area contributed by atoms with Crippen molar-refractivity contribution < 1.29 is 13.9 Å². The Morgan fingerprint density at radius 3 is 2.54 bits per heavy atom. The minimum absolute atomic E-state index is 0.185. The van der Waals surface area contributed by atoms with Crippen LogP contribution in [0.4, 0.5) is 8.78 Å². The van der Waals surface area contributed by atoms with Crippen LogP contribution in [0.2, 0.25) is 0 Å². The molecule has 0 saturated carbocycles. The Hall–Kier alpha value is -1.16. The van der Waals surface area contributed by atoms with Gasteiger partial charge in [0.05, 0.1) is 0 Å². The molecule has 0 amide bonds. The van der Waals surface area contributed by atoms with Gasteiger partial charge in [0.25, 0.3) is 0 Å². The first-order valence-electron chi connectivity index (χ1n) is 3.93. The van der Waals surface area contributed by atoms with Crippen molar-refractivity contribution in [1.82, 2.24) is 0 Å². The minimum Gasteiger partial charge on any atom is -0.505 e. The molecule has 0 saturated heterocycles. The zero-order chi connectivity index (χ0) is 10.0. The van der Waals surface area contributed by atoms with E-state index in [4.69, 9.17) is 10.8 Å². The summed E-state index contributed by atoms with van der Waals surface area (Å²) in [5.74, 6) is -2.90. The summed E-state index contributed by atoms with van der Waals surface area (Å²) in [6.45, 7) is 1.70. The van der Waals surface area contributed by atoms with Gasteiger partial charge in [0.2, 0.25) is 5.82 Å². The van der Waals surface area contributed by atoms with Crippen molar-refractivity contribution in [2.24, 2.45) is 5.73 Å². The third-order valence-corrected chi connectivity index (χ3v) is 1.68. The van der Waals surface area contributed by atoms with E-state index >= 15 is 0 Å². The van der Waals surface area contributed by atoms with Gasteiger partial charge in [-0.15, -0.1) is 0 Å². The van der Waals surface area contributed by atoms with Crippen LogP contribution in [-0.2, 0) is 6.42 Å². The summed E-state index contributed by atoms with van der Waals surface area (Å²) >= 11 is 0. The lowest BCUT2D eigenvalue weighted by molar-refractivity contribution is 0.403. The van der Waals surface area contributed by atoms with Crippen LogP contribution < -0.4 is 5.73 Å². The van der Waals surface area contributed by atoms with Crippen molar-refractivity contribution in [3.63, 3.8) is 0 Å². The average molecular weight is 187 g/mol. The number of benzene rings is 1. The Labute approximate surface area is 75.0 Å². The largest absolute Gasteiger partial charge is 0.505 e. The van der Waals surface area contributed by atoms with Gasteiger partial charge < -0.3 is 10.8 Å². The van der Waals surface area contributed by atoms with E-state index in [0.29, 0.717) is 0 Å². The van der Waals surface area contributed by atoms with Gasteiger partial charge in [0.1, 0.15) is 0 Å². The van der Waals surface area contributed by atoms with Crippen molar-refractivity contribution in [2.75, 3.05) is 0 Å². The molecule has 2 nitrogen and oxygen atoms in total. The molecule has 0 aliphatic heterocycles. The van der Waals surface area contributed by atoms with E-state index in [1.165, 1.54) is 6.07 Å². The quantitative estimate of drug-likeness (QED) is 0.738. The number of hydrogen-bond acceptors (Lipinski definition) is 2. The lowest BCUT2D eigenvalue weighted by Crippen LogP contribution is -2.18. The Balaban J connectivity index is 3.04. The third-order valence-electron chi connectivity index (χ3n) is 1.68. The van der Waals surface area contributed by atoms with Crippen LogP contribution in [0.1, 0.15) is 12.5 Å². The first-order valence-corrected chi connectivity index (χ1v) is 3.93. The number of phenols is 1. The van der Waals surface area contributed by atoms with Crippen LogP contribution in [0.3, 0.4) is 0 Å². The highest BCUT2D eigenvalue weighted by atomic mass is 19.2. The maximum atomic E-state index is 13.0. The normalized spacial score (nSPS) is 12.9. The average Bonchev–Trinajstić information content (AvgIpc) is 2.06. The summed E-state index contributed by atoms with van der Waals surface area (Å²) in [7, 11) is 0. The molecule has 0 aliphatic rings. The van der Waals surface area contributed by atoms with Gasteiger partial charge in [-0.2, -0.15) is 4.39 Å². The van der Waals surface area contributed by atoms with Gasteiger partial charge in [-0.1, -0.05) is 6.07 Å². The molecule has 1 aromatic carbocycles. The molecule has 3 N–H and O–H groups in total. The summed E-state index contributed by atoms with van der Waals surface area (Å²) in [5.41, 5.74) is 5.62. The Morgan fingerprint density at radius 2 is 2.00 bits per heavy atom. The molecule has 1 atom stereocenters. The summed E-state index contributed by atoms with van der Waals surface area (Å²) in [4.78, 5) is 0. The predicted molar refractivity (Wildman–Crippen MR) is 45.4 cm³/mol. The van der Waals surface area contributed by atoms with Crippen LogP contribution in [0.15, 0.2) is 12.1 Å². The zero-order valence-corrected chi connectivity index (χ0v) is 7.22. The molecule has 0 aliphatic carbocycles. The van der Waals surface area contributed by atoms with Gasteiger partial charge in [0, 0.05) is 6.04 Å². The maximum Gasteiger partial charge on any atom is 0.200 e. The molecule has 0 fully saturated rings. The van der Waals surface area contributed by atoms with Gasteiger partial charge in [-0.05, 0) is 25.0 Å². The second kappa shape index (κ2) is 3.70. The van der Waals surface area contributed by atoms with Crippen molar-refractivity contribution >= 4 is 0 Å². The second-order valence-electron chi connectivity index (χ2n) is 3.05. The van der Waals surface area contributed by atoms with E-state index in [1.807, 2.05) is 0 Å². The third kappa shape index (κ3) is 2.15. The molecular weight excluding hydrogens is 176 g/mol. The first-order chi connectivity index (χ1) is 6.02. The zero-order valence-electron chi connectivity index (χ0n) is 7.22. The number of phenolic OH excluding ortho intramolecular Hbond substituents is 1. The van der Waals surface area contributed by atoms with Crippen LogP contribution >= 0.6 is 0 Å². The molecule has 0 bridgehead atoms. The summed E-state index contributed by atoms with van der Waals surface area (Å²) < 4.78 is 25.8. The Morgan fingerprint density at radius 1 is 1.38 bits per heavy atom. The fourth-order valence-electron chi connectivity index (χ4n) is 1.08. The molecule has 1 aromatic rings. The van der Waals surface area contributed by atoms with Crippen LogP contribution in [0.5, 0.6) is 5.75 Å². The Kier molecular flexibility index (Phi) is 2.83. The maximum absolute atomic E-state index is 13.0. The lowest BCUT2D eigenvalue weighted by Gasteiger charge is -2.07. The topological polar surface area (TPSA) is 46.2 Å². The molecule has 0 radical (unpaired) electrons. The fraction of sp³-hybridized carbons (Fsp3) is 0.333. The summed E-state index contributed by atoms with van der Waals surface area (Å²) in [5, 5.41) is 8.81. The molecular formula is C9H11F2NO. The smallest absolute Gasteiger partial charge is 0.200 e. The van der Waals surface area contributed by atoms with Crippen molar-refractivity contribution in [3.05, 3.63) is 29.3 Å². The van der Waals surface area contributed by atoms with Crippen LogP contribution in [0.25, 0.3) is 0 Å². The number of aromatic hydroxyl groups is 1. The van der Waals surface area contributed by atoms with E-state index in [-0.39, 0.29) is 18.0 Å². The summed E-state index contributed by atoms with van der Waals surface area (Å²) in [6.07, 6.45) is 0.253. The minimum atomic E-state index is -1.21. The second-order valence-corrected chi connectivity index (χ2v) is 3.05. The molecule has 13 heavy (non-hydrogen) atoms.